The third kappa shape index (κ3) is 4.56. The second-order valence-electron chi connectivity index (χ2n) is 7.19. The number of anilines is 1. The van der Waals surface area contributed by atoms with E-state index in [1.54, 1.807) is 50.2 Å². The fraction of sp³-hybridized carbons (Fsp3) is 0.364. The van der Waals surface area contributed by atoms with Gasteiger partial charge >= 0.3 is 5.97 Å². The van der Waals surface area contributed by atoms with Crippen LogP contribution in [0.4, 0.5) is 5.69 Å². The van der Waals surface area contributed by atoms with Gasteiger partial charge in [0.25, 0.3) is 0 Å². The van der Waals surface area contributed by atoms with Gasteiger partial charge in [0.1, 0.15) is 16.4 Å². The van der Waals surface area contributed by atoms with Crippen molar-refractivity contribution in [2.24, 2.45) is 0 Å². The topological polar surface area (TPSA) is 102 Å². The zero-order chi connectivity index (χ0) is 23.5. The van der Waals surface area contributed by atoms with Crippen molar-refractivity contribution in [3.05, 3.63) is 48.0 Å². The van der Waals surface area contributed by atoms with E-state index in [1.165, 1.54) is 25.2 Å². The molecule has 9 nitrogen and oxygen atoms in total. The number of sulfonamides is 1. The molecule has 172 valence electrons. The van der Waals surface area contributed by atoms with Gasteiger partial charge in [0.15, 0.2) is 0 Å². The molecule has 1 amide bonds. The van der Waals surface area contributed by atoms with Crippen molar-refractivity contribution >= 4 is 27.6 Å². The number of esters is 1. The Morgan fingerprint density at radius 2 is 1.91 bits per heavy atom. The SMILES string of the molecule is CCN(CC(=O)N1CC(C(=O)OC)Oc2ccccc21)S(=O)(=O)c1cc(C)ccc1OC. The number of hydrogen-bond acceptors (Lipinski definition) is 7. The van der Waals surface area contributed by atoms with E-state index in [0.717, 1.165) is 9.87 Å². The summed E-state index contributed by atoms with van der Waals surface area (Å²) in [6, 6.07) is 11.6. The lowest BCUT2D eigenvalue weighted by atomic mass is 10.2. The number of aryl methyl sites for hydroxylation is 1. The molecule has 32 heavy (non-hydrogen) atoms. The van der Waals surface area contributed by atoms with E-state index in [4.69, 9.17) is 14.2 Å². The van der Waals surface area contributed by atoms with Gasteiger partial charge in [-0.2, -0.15) is 4.31 Å². The Bertz CT molecular complexity index is 1120. The molecule has 0 bridgehead atoms. The Kier molecular flexibility index (Phi) is 7.05. The molecule has 1 aliphatic rings. The fourth-order valence-corrected chi connectivity index (χ4v) is 5.09. The lowest BCUT2D eigenvalue weighted by molar-refractivity contribution is -0.148. The summed E-state index contributed by atoms with van der Waals surface area (Å²) >= 11 is 0. The third-order valence-electron chi connectivity index (χ3n) is 5.14. The zero-order valence-corrected chi connectivity index (χ0v) is 19.2. The minimum atomic E-state index is -4.02. The molecule has 1 unspecified atom stereocenters. The molecule has 10 heteroatoms. The number of para-hydroxylation sites is 2. The smallest absolute Gasteiger partial charge is 0.348 e. The molecular weight excluding hydrogens is 436 g/mol. The summed E-state index contributed by atoms with van der Waals surface area (Å²) in [5, 5.41) is 0. The van der Waals surface area contributed by atoms with Gasteiger partial charge in [0, 0.05) is 6.54 Å². The maximum Gasteiger partial charge on any atom is 0.348 e. The minimum Gasteiger partial charge on any atom is -0.495 e. The van der Waals surface area contributed by atoms with Crippen LogP contribution < -0.4 is 14.4 Å². The summed E-state index contributed by atoms with van der Waals surface area (Å²) in [6.07, 6.45) is -1.01. The number of benzene rings is 2. The Morgan fingerprint density at radius 3 is 2.56 bits per heavy atom. The van der Waals surface area contributed by atoms with Crippen molar-refractivity contribution in [3.8, 4) is 11.5 Å². The van der Waals surface area contributed by atoms with Crippen LogP contribution in [0.2, 0.25) is 0 Å². The highest BCUT2D eigenvalue weighted by Crippen LogP contribution is 2.34. The van der Waals surface area contributed by atoms with E-state index in [2.05, 4.69) is 0 Å². The molecule has 1 atom stereocenters. The number of hydrogen-bond donors (Lipinski definition) is 0. The summed E-state index contributed by atoms with van der Waals surface area (Å²) in [4.78, 5) is 26.7. The van der Waals surface area contributed by atoms with Crippen LogP contribution in [-0.2, 0) is 24.3 Å². The van der Waals surface area contributed by atoms with Gasteiger partial charge in [-0.3, -0.25) is 4.79 Å². The summed E-state index contributed by atoms with van der Waals surface area (Å²) in [5.41, 5.74) is 1.20. The molecule has 0 fully saturated rings. The molecule has 1 heterocycles. The molecule has 0 radical (unpaired) electrons. The largest absolute Gasteiger partial charge is 0.495 e. The first-order chi connectivity index (χ1) is 15.2. The molecule has 0 aromatic heterocycles. The van der Waals surface area contributed by atoms with Gasteiger partial charge in [0.05, 0.1) is 33.0 Å². The summed E-state index contributed by atoms with van der Waals surface area (Å²) in [5.74, 6) is -0.578. The maximum atomic E-state index is 13.4. The number of ether oxygens (including phenoxy) is 3. The average molecular weight is 463 g/mol. The number of likely N-dealkylation sites (N-methyl/N-ethyl adjacent to an activating group) is 1. The van der Waals surface area contributed by atoms with Gasteiger partial charge in [-0.1, -0.05) is 25.1 Å². The van der Waals surface area contributed by atoms with Crippen LogP contribution in [0.3, 0.4) is 0 Å². The maximum absolute atomic E-state index is 13.4. The van der Waals surface area contributed by atoms with Crippen LogP contribution >= 0.6 is 0 Å². The van der Waals surface area contributed by atoms with Gasteiger partial charge in [-0.15, -0.1) is 0 Å². The highest BCUT2D eigenvalue weighted by Gasteiger charge is 2.36. The first-order valence-corrected chi connectivity index (χ1v) is 11.5. The number of rotatable bonds is 7. The predicted octanol–water partition coefficient (Wildman–Crippen LogP) is 1.98. The van der Waals surface area contributed by atoms with Crippen molar-refractivity contribution in [1.82, 2.24) is 4.31 Å². The lowest BCUT2D eigenvalue weighted by Gasteiger charge is -2.34. The van der Waals surface area contributed by atoms with Gasteiger partial charge < -0.3 is 19.1 Å². The number of methoxy groups -OCH3 is 2. The van der Waals surface area contributed by atoms with Crippen molar-refractivity contribution in [2.75, 3.05) is 38.8 Å². The highest BCUT2D eigenvalue weighted by atomic mass is 32.2. The molecular formula is C22H26N2O7S. The Balaban J connectivity index is 1.92. The van der Waals surface area contributed by atoms with E-state index < -0.39 is 34.5 Å². The number of fused-ring (bicyclic) bond motifs is 1. The number of carbonyl (C=O) groups excluding carboxylic acids is 2. The molecule has 0 saturated heterocycles. The van der Waals surface area contributed by atoms with Crippen molar-refractivity contribution in [1.29, 1.82) is 0 Å². The number of nitrogens with zero attached hydrogens (tertiary/aromatic N) is 2. The Labute approximate surface area is 187 Å². The molecule has 1 aliphatic heterocycles. The van der Waals surface area contributed by atoms with Gasteiger partial charge in [-0.05, 0) is 36.8 Å². The standard InChI is InChI=1S/C22H26N2O7S/c1-5-23(32(27,28)20-12-15(2)10-11-18(20)29-3)14-21(25)24-13-19(22(26)30-4)31-17-9-7-6-8-16(17)24/h6-12,19H,5,13-14H2,1-4H3. The molecule has 0 saturated carbocycles. The van der Waals surface area contributed by atoms with Crippen molar-refractivity contribution in [2.45, 2.75) is 24.8 Å². The van der Waals surface area contributed by atoms with E-state index in [9.17, 15) is 18.0 Å². The van der Waals surface area contributed by atoms with E-state index in [1.807, 2.05) is 0 Å². The second-order valence-corrected chi connectivity index (χ2v) is 9.09. The first kappa shape index (κ1) is 23.6. The molecule has 3 rings (SSSR count). The first-order valence-electron chi connectivity index (χ1n) is 10.0. The molecule has 2 aromatic rings. The van der Waals surface area contributed by atoms with E-state index >= 15 is 0 Å². The van der Waals surface area contributed by atoms with E-state index in [0.29, 0.717) is 11.4 Å². The Morgan fingerprint density at radius 1 is 1.19 bits per heavy atom. The van der Waals surface area contributed by atoms with Crippen LogP contribution in [0.1, 0.15) is 12.5 Å². The van der Waals surface area contributed by atoms with Crippen LogP contribution in [0.25, 0.3) is 0 Å². The van der Waals surface area contributed by atoms with Gasteiger partial charge in [-0.25, -0.2) is 13.2 Å². The third-order valence-corrected chi connectivity index (χ3v) is 7.08. The monoisotopic (exact) mass is 462 g/mol. The lowest BCUT2D eigenvalue weighted by Crippen LogP contribution is -2.50. The van der Waals surface area contributed by atoms with E-state index in [-0.39, 0.29) is 23.7 Å². The zero-order valence-electron chi connectivity index (χ0n) is 18.4. The molecule has 0 spiro atoms. The summed E-state index contributed by atoms with van der Waals surface area (Å²) in [7, 11) is -1.40. The van der Waals surface area contributed by atoms with Crippen LogP contribution in [-0.4, -0.2) is 64.6 Å². The molecule has 0 aliphatic carbocycles. The summed E-state index contributed by atoms with van der Waals surface area (Å²) < 4.78 is 43.4. The summed E-state index contributed by atoms with van der Waals surface area (Å²) in [6.45, 7) is 2.98. The minimum absolute atomic E-state index is 0.00975. The second kappa shape index (κ2) is 9.58. The van der Waals surface area contributed by atoms with Crippen LogP contribution in [0.15, 0.2) is 47.4 Å². The fourth-order valence-electron chi connectivity index (χ4n) is 3.45. The van der Waals surface area contributed by atoms with Crippen LogP contribution in [0, 0.1) is 6.92 Å². The number of amides is 1. The highest BCUT2D eigenvalue weighted by molar-refractivity contribution is 7.89. The molecule has 0 N–H and O–H groups in total. The van der Waals surface area contributed by atoms with Crippen molar-refractivity contribution in [3.63, 3.8) is 0 Å². The average Bonchev–Trinajstić information content (AvgIpc) is 2.80. The normalized spacial score (nSPS) is 15.7. The number of carbonyl (C=O) groups is 2. The van der Waals surface area contributed by atoms with Crippen LogP contribution in [0.5, 0.6) is 11.5 Å². The Hall–Kier alpha value is -3.11. The quantitative estimate of drug-likeness (QED) is 0.580. The predicted molar refractivity (Wildman–Crippen MR) is 117 cm³/mol. The molecule has 2 aromatic carbocycles. The van der Waals surface area contributed by atoms with Gasteiger partial charge in [0.2, 0.25) is 22.0 Å². The van der Waals surface area contributed by atoms with Crippen molar-refractivity contribution < 1.29 is 32.2 Å².